The van der Waals surface area contributed by atoms with Crippen LogP contribution in [0.2, 0.25) is 0 Å². The van der Waals surface area contributed by atoms with Gasteiger partial charge in [-0.1, -0.05) is 23.1 Å². The Labute approximate surface area is 190 Å². The number of hydrogen-bond acceptors (Lipinski definition) is 10. The lowest BCUT2D eigenvalue weighted by atomic mass is 10.2. The zero-order valence-electron chi connectivity index (χ0n) is 16.7. The number of methoxy groups -OCH3 is 1. The average molecular weight is 474 g/mol. The highest BCUT2D eigenvalue weighted by atomic mass is 32.2. The highest BCUT2D eigenvalue weighted by Gasteiger charge is 2.17. The Morgan fingerprint density at radius 1 is 1.19 bits per heavy atom. The Balaban J connectivity index is 1.32. The van der Waals surface area contributed by atoms with Crippen LogP contribution in [-0.2, 0) is 10.5 Å². The number of benzene rings is 1. The maximum atomic E-state index is 12.6. The van der Waals surface area contributed by atoms with Gasteiger partial charge in [0.25, 0.3) is 5.56 Å². The number of morpholine rings is 1. The van der Waals surface area contributed by atoms with Crippen molar-refractivity contribution in [2.24, 2.45) is 0 Å². The van der Waals surface area contributed by atoms with Gasteiger partial charge in [-0.2, -0.15) is 0 Å². The predicted molar refractivity (Wildman–Crippen MR) is 125 cm³/mol. The van der Waals surface area contributed by atoms with Gasteiger partial charge in [-0.25, -0.2) is 4.98 Å². The monoisotopic (exact) mass is 473 g/mol. The zero-order chi connectivity index (χ0) is 21.2. The average Bonchev–Trinajstić information content (AvgIpc) is 3.46. The van der Waals surface area contributed by atoms with Gasteiger partial charge in [0.1, 0.15) is 16.3 Å². The van der Waals surface area contributed by atoms with Gasteiger partial charge in [0.2, 0.25) is 5.13 Å². The first-order valence-corrected chi connectivity index (χ1v) is 12.3. The molecule has 0 spiro atoms. The molecule has 0 radical (unpaired) electrons. The minimum atomic E-state index is -0.114. The molecule has 4 heterocycles. The molecule has 4 aromatic rings. The molecule has 0 aliphatic carbocycles. The van der Waals surface area contributed by atoms with E-state index < -0.39 is 0 Å². The van der Waals surface area contributed by atoms with E-state index in [9.17, 15) is 4.79 Å². The number of ether oxygens (including phenoxy) is 2. The summed E-state index contributed by atoms with van der Waals surface area (Å²) in [6.07, 6.45) is 0. The van der Waals surface area contributed by atoms with Crippen LogP contribution in [0.1, 0.15) is 5.82 Å². The molecule has 1 aromatic carbocycles. The third-order valence-electron chi connectivity index (χ3n) is 4.82. The topological polar surface area (TPSA) is 93.2 Å². The molecule has 1 aliphatic heterocycles. The Morgan fingerprint density at radius 3 is 2.77 bits per heavy atom. The molecule has 1 fully saturated rings. The van der Waals surface area contributed by atoms with Crippen LogP contribution in [0, 0.1) is 0 Å². The molecule has 0 unspecified atom stereocenters. The van der Waals surface area contributed by atoms with Crippen molar-refractivity contribution in [2.45, 2.75) is 10.1 Å². The first-order chi connectivity index (χ1) is 15.2. The number of hydrogen-bond donors (Lipinski definition) is 1. The molecule has 31 heavy (non-hydrogen) atoms. The van der Waals surface area contributed by atoms with E-state index in [1.54, 1.807) is 18.4 Å². The first-order valence-electron chi connectivity index (χ1n) is 9.66. The standard InChI is InChI=1S/C20H19N5O3S3/c1-27-13-4-2-12(3-5-13)15-10-14-17(30-15)18(26)22-16(21-14)11-29-20-24-23-19(31-20)25-6-8-28-9-7-25/h2-5,10H,6-9,11H2,1H3,(H,21,22,26). The molecule has 8 nitrogen and oxygen atoms in total. The molecule has 0 atom stereocenters. The number of aromatic nitrogens is 4. The number of thioether (sulfide) groups is 1. The minimum Gasteiger partial charge on any atom is -0.497 e. The number of anilines is 1. The van der Waals surface area contributed by atoms with Crippen molar-refractivity contribution < 1.29 is 9.47 Å². The first kappa shape index (κ1) is 20.4. The van der Waals surface area contributed by atoms with Gasteiger partial charge < -0.3 is 19.4 Å². The number of thiophene rings is 1. The Bertz CT molecular complexity index is 1250. The molecule has 160 valence electrons. The lowest BCUT2D eigenvalue weighted by Gasteiger charge is -2.25. The second-order valence-corrected chi connectivity index (χ2v) is 10.0. The maximum Gasteiger partial charge on any atom is 0.268 e. The summed E-state index contributed by atoms with van der Waals surface area (Å²) < 4.78 is 12.1. The molecule has 5 rings (SSSR count). The van der Waals surface area contributed by atoms with Crippen LogP contribution in [0.4, 0.5) is 5.13 Å². The minimum absolute atomic E-state index is 0.114. The molecular formula is C20H19N5O3S3. The maximum absolute atomic E-state index is 12.6. The van der Waals surface area contributed by atoms with Crippen LogP contribution in [-0.4, -0.2) is 53.6 Å². The zero-order valence-corrected chi connectivity index (χ0v) is 19.1. The van der Waals surface area contributed by atoms with E-state index >= 15 is 0 Å². The summed E-state index contributed by atoms with van der Waals surface area (Å²) in [7, 11) is 1.64. The second-order valence-electron chi connectivity index (χ2n) is 6.80. The Morgan fingerprint density at radius 2 is 2.00 bits per heavy atom. The molecule has 0 bridgehead atoms. The van der Waals surface area contributed by atoms with E-state index in [1.807, 2.05) is 30.3 Å². The van der Waals surface area contributed by atoms with Gasteiger partial charge in [0, 0.05) is 18.0 Å². The van der Waals surface area contributed by atoms with E-state index in [0.717, 1.165) is 38.8 Å². The van der Waals surface area contributed by atoms with Gasteiger partial charge in [0.05, 0.1) is 31.6 Å². The molecule has 11 heteroatoms. The highest BCUT2D eigenvalue weighted by Crippen LogP contribution is 2.33. The number of rotatable bonds is 6. The molecule has 1 saturated heterocycles. The third-order valence-corrected chi connectivity index (χ3v) is 8.12. The summed E-state index contributed by atoms with van der Waals surface area (Å²) in [4.78, 5) is 23.4. The molecule has 1 aliphatic rings. The van der Waals surface area contributed by atoms with Crippen molar-refractivity contribution in [3.05, 3.63) is 46.5 Å². The van der Waals surface area contributed by atoms with Crippen molar-refractivity contribution in [3.8, 4) is 16.2 Å². The summed E-state index contributed by atoms with van der Waals surface area (Å²) in [6, 6.07) is 9.75. The van der Waals surface area contributed by atoms with Crippen LogP contribution in [0.3, 0.4) is 0 Å². The smallest absolute Gasteiger partial charge is 0.268 e. The molecule has 1 N–H and O–H groups in total. The van der Waals surface area contributed by atoms with Crippen molar-refractivity contribution in [1.82, 2.24) is 20.2 Å². The van der Waals surface area contributed by atoms with Crippen LogP contribution >= 0.6 is 34.4 Å². The molecule has 0 amide bonds. The summed E-state index contributed by atoms with van der Waals surface area (Å²) in [5.74, 6) is 1.95. The van der Waals surface area contributed by atoms with Crippen LogP contribution in [0.25, 0.3) is 20.7 Å². The van der Waals surface area contributed by atoms with E-state index in [-0.39, 0.29) is 5.56 Å². The Hall–Kier alpha value is -2.47. The van der Waals surface area contributed by atoms with Crippen molar-refractivity contribution in [1.29, 1.82) is 0 Å². The van der Waals surface area contributed by atoms with Crippen LogP contribution in [0.5, 0.6) is 5.75 Å². The van der Waals surface area contributed by atoms with E-state index in [1.165, 1.54) is 23.1 Å². The fourth-order valence-corrected chi connectivity index (χ4v) is 5.99. The number of H-pyrrole nitrogens is 1. The fraction of sp³-hybridized carbons (Fsp3) is 0.300. The lowest BCUT2D eigenvalue weighted by Crippen LogP contribution is -2.36. The van der Waals surface area contributed by atoms with Gasteiger partial charge in [-0.15, -0.1) is 21.5 Å². The van der Waals surface area contributed by atoms with Crippen LogP contribution < -0.4 is 15.2 Å². The summed E-state index contributed by atoms with van der Waals surface area (Å²) in [5.41, 5.74) is 1.63. The van der Waals surface area contributed by atoms with Gasteiger partial charge in [0.15, 0.2) is 4.34 Å². The lowest BCUT2D eigenvalue weighted by molar-refractivity contribution is 0.122. The van der Waals surface area contributed by atoms with Gasteiger partial charge in [-0.3, -0.25) is 4.79 Å². The van der Waals surface area contributed by atoms with Crippen molar-refractivity contribution in [3.63, 3.8) is 0 Å². The number of nitrogens with one attached hydrogen (secondary N) is 1. The van der Waals surface area contributed by atoms with Crippen LogP contribution in [0.15, 0.2) is 39.5 Å². The summed E-state index contributed by atoms with van der Waals surface area (Å²) >= 11 is 4.52. The molecular weight excluding hydrogens is 454 g/mol. The molecule has 3 aromatic heterocycles. The number of nitrogens with zero attached hydrogens (tertiary/aromatic N) is 4. The van der Waals surface area contributed by atoms with Crippen molar-refractivity contribution in [2.75, 3.05) is 38.3 Å². The second kappa shape index (κ2) is 8.95. The van der Waals surface area contributed by atoms with E-state index in [4.69, 9.17) is 9.47 Å². The summed E-state index contributed by atoms with van der Waals surface area (Å²) in [5, 5.41) is 9.46. The predicted octanol–water partition coefficient (Wildman–Crippen LogP) is 3.64. The Kier molecular flexibility index (Phi) is 5.90. The highest BCUT2D eigenvalue weighted by molar-refractivity contribution is 8.00. The summed E-state index contributed by atoms with van der Waals surface area (Å²) in [6.45, 7) is 3.10. The van der Waals surface area contributed by atoms with E-state index in [2.05, 4.69) is 25.1 Å². The van der Waals surface area contributed by atoms with E-state index in [0.29, 0.717) is 35.0 Å². The third kappa shape index (κ3) is 4.45. The largest absolute Gasteiger partial charge is 0.497 e. The fourth-order valence-electron chi connectivity index (χ4n) is 3.23. The number of aromatic amines is 1. The van der Waals surface area contributed by atoms with Gasteiger partial charge in [-0.05, 0) is 35.9 Å². The number of fused-ring (bicyclic) bond motifs is 1. The SMILES string of the molecule is COc1ccc(-c2cc3nc(CSc4nnc(N5CCOCC5)s4)[nH]c(=O)c3s2)cc1. The quantitative estimate of drug-likeness (QED) is 0.424. The van der Waals surface area contributed by atoms with Crippen molar-refractivity contribution >= 4 is 49.8 Å². The molecule has 0 saturated carbocycles. The normalized spacial score (nSPS) is 14.3. The van der Waals surface area contributed by atoms with Gasteiger partial charge >= 0.3 is 0 Å².